The van der Waals surface area contributed by atoms with Crippen molar-refractivity contribution in [3.8, 4) is 5.75 Å². The molecule has 106 valence electrons. The molecule has 19 heavy (non-hydrogen) atoms. The maximum absolute atomic E-state index is 13.6. The maximum Gasteiger partial charge on any atom is 0.167 e. The molecule has 2 unspecified atom stereocenters. The van der Waals surface area contributed by atoms with E-state index < -0.39 is 11.6 Å². The third-order valence-corrected chi connectivity index (χ3v) is 4.61. The quantitative estimate of drug-likeness (QED) is 0.883. The molecule has 2 rings (SSSR count). The number of nitrogens with one attached hydrogen (secondary N) is 1. The van der Waals surface area contributed by atoms with Crippen LogP contribution >= 0.6 is 0 Å². The van der Waals surface area contributed by atoms with E-state index in [0.717, 1.165) is 25.3 Å². The summed E-state index contributed by atoms with van der Waals surface area (Å²) >= 11 is 0. The third kappa shape index (κ3) is 2.34. The number of rotatable bonds is 5. The highest BCUT2D eigenvalue weighted by atomic mass is 19.1. The normalized spacial score (nSPS) is 24.9. The average molecular weight is 269 g/mol. The minimum Gasteiger partial charge on any atom is -0.487 e. The lowest BCUT2D eigenvalue weighted by Crippen LogP contribution is -2.63. The molecule has 0 amide bonds. The largest absolute Gasteiger partial charge is 0.487 e. The molecule has 0 heterocycles. The topological polar surface area (TPSA) is 21.3 Å². The molecule has 1 aliphatic rings. The Hall–Kier alpha value is -1.16. The summed E-state index contributed by atoms with van der Waals surface area (Å²) in [5.41, 5.74) is 0.0373. The zero-order valence-corrected chi connectivity index (χ0v) is 11.7. The van der Waals surface area contributed by atoms with Crippen LogP contribution in [0.4, 0.5) is 8.78 Å². The van der Waals surface area contributed by atoms with Gasteiger partial charge < -0.3 is 10.1 Å². The lowest BCUT2D eigenvalue weighted by Gasteiger charge is -2.55. The maximum atomic E-state index is 13.6. The number of ether oxygens (including phenoxy) is 1. The molecule has 1 fully saturated rings. The van der Waals surface area contributed by atoms with E-state index in [4.69, 9.17) is 4.74 Å². The first-order chi connectivity index (χ1) is 9.07. The predicted octanol–water partition coefficient (Wildman–Crippen LogP) is 3.51. The third-order valence-electron chi connectivity index (χ3n) is 4.61. The standard InChI is InChI=1S/C15H21F2NO/c1-4-15(5-2)13(18-3)9-14(15)19-12-7-6-10(16)8-11(12)17/h6-8,13-14,18H,4-5,9H2,1-3H3. The number of hydrogen-bond acceptors (Lipinski definition) is 2. The minimum absolute atomic E-state index is 0.0140. The molecule has 0 aliphatic heterocycles. The van der Waals surface area contributed by atoms with Crippen LogP contribution in [0.15, 0.2) is 18.2 Å². The van der Waals surface area contributed by atoms with Crippen LogP contribution < -0.4 is 10.1 Å². The summed E-state index contributed by atoms with van der Waals surface area (Å²) in [6.07, 6.45) is 2.79. The second-order valence-corrected chi connectivity index (χ2v) is 5.20. The molecular formula is C15H21F2NO. The molecule has 2 nitrogen and oxygen atoms in total. The van der Waals surface area contributed by atoms with Crippen LogP contribution in [0.25, 0.3) is 0 Å². The van der Waals surface area contributed by atoms with Gasteiger partial charge in [-0.05, 0) is 32.0 Å². The Labute approximate surface area is 113 Å². The van der Waals surface area contributed by atoms with Gasteiger partial charge in [0.15, 0.2) is 11.6 Å². The fourth-order valence-electron chi connectivity index (χ4n) is 3.24. The van der Waals surface area contributed by atoms with Gasteiger partial charge in [0.25, 0.3) is 0 Å². The van der Waals surface area contributed by atoms with Gasteiger partial charge in [0, 0.05) is 23.9 Å². The van der Waals surface area contributed by atoms with Crippen molar-refractivity contribution in [3.05, 3.63) is 29.8 Å². The van der Waals surface area contributed by atoms with Crippen LogP contribution in [-0.2, 0) is 0 Å². The van der Waals surface area contributed by atoms with Crippen LogP contribution in [0.5, 0.6) is 5.75 Å². The van der Waals surface area contributed by atoms with E-state index in [-0.39, 0.29) is 17.3 Å². The number of halogens is 2. The molecule has 0 bridgehead atoms. The van der Waals surface area contributed by atoms with Gasteiger partial charge in [-0.3, -0.25) is 0 Å². The minimum atomic E-state index is -0.631. The molecule has 4 heteroatoms. The lowest BCUT2D eigenvalue weighted by atomic mass is 9.58. The van der Waals surface area contributed by atoms with Crippen molar-refractivity contribution in [2.75, 3.05) is 7.05 Å². The summed E-state index contributed by atoms with van der Waals surface area (Å²) < 4.78 is 32.3. The van der Waals surface area contributed by atoms with Crippen molar-refractivity contribution in [3.63, 3.8) is 0 Å². The summed E-state index contributed by atoms with van der Waals surface area (Å²) in [7, 11) is 1.94. The fourth-order valence-corrected chi connectivity index (χ4v) is 3.24. The SMILES string of the molecule is CCC1(CC)C(NC)CC1Oc1ccc(F)cc1F. The van der Waals surface area contributed by atoms with Gasteiger partial charge in [0.2, 0.25) is 0 Å². The summed E-state index contributed by atoms with van der Waals surface area (Å²) in [4.78, 5) is 0. The van der Waals surface area contributed by atoms with Crippen molar-refractivity contribution in [2.24, 2.45) is 5.41 Å². The fraction of sp³-hybridized carbons (Fsp3) is 0.600. The van der Waals surface area contributed by atoms with Crippen LogP contribution in [-0.4, -0.2) is 19.2 Å². The smallest absolute Gasteiger partial charge is 0.167 e. The Kier molecular flexibility index (Phi) is 4.09. The predicted molar refractivity (Wildman–Crippen MR) is 71.3 cm³/mol. The molecular weight excluding hydrogens is 248 g/mol. The van der Waals surface area contributed by atoms with E-state index in [1.54, 1.807) is 0 Å². The summed E-state index contributed by atoms with van der Waals surface area (Å²) in [6.45, 7) is 4.26. The Morgan fingerprint density at radius 2 is 2.00 bits per heavy atom. The summed E-state index contributed by atoms with van der Waals surface area (Å²) in [6, 6.07) is 3.86. The van der Waals surface area contributed by atoms with Crippen molar-refractivity contribution in [1.29, 1.82) is 0 Å². The van der Waals surface area contributed by atoms with Gasteiger partial charge in [-0.1, -0.05) is 13.8 Å². The first-order valence-electron chi connectivity index (χ1n) is 6.86. The number of hydrogen-bond donors (Lipinski definition) is 1. The average Bonchev–Trinajstić information content (AvgIpc) is 2.38. The monoisotopic (exact) mass is 269 g/mol. The Bertz CT molecular complexity index is 446. The molecule has 1 aromatic carbocycles. The van der Waals surface area contributed by atoms with Gasteiger partial charge in [0.1, 0.15) is 11.9 Å². The molecule has 0 spiro atoms. The first-order valence-corrected chi connectivity index (χ1v) is 6.86. The van der Waals surface area contributed by atoms with Crippen LogP contribution in [0.1, 0.15) is 33.1 Å². The van der Waals surface area contributed by atoms with Gasteiger partial charge in [-0.25, -0.2) is 8.78 Å². The van der Waals surface area contributed by atoms with E-state index in [0.29, 0.717) is 6.04 Å². The molecule has 1 aliphatic carbocycles. The molecule has 1 saturated carbocycles. The van der Waals surface area contributed by atoms with Crippen molar-refractivity contribution in [1.82, 2.24) is 5.32 Å². The van der Waals surface area contributed by atoms with Gasteiger partial charge in [-0.2, -0.15) is 0 Å². The van der Waals surface area contributed by atoms with E-state index in [9.17, 15) is 8.78 Å². The lowest BCUT2D eigenvalue weighted by molar-refractivity contribution is -0.0850. The Morgan fingerprint density at radius 3 is 2.53 bits per heavy atom. The van der Waals surface area contributed by atoms with E-state index in [1.165, 1.54) is 12.1 Å². The Morgan fingerprint density at radius 1 is 1.32 bits per heavy atom. The number of benzene rings is 1. The van der Waals surface area contributed by atoms with E-state index in [1.807, 2.05) is 7.05 Å². The first kappa shape index (κ1) is 14.3. The van der Waals surface area contributed by atoms with Crippen LogP contribution in [0, 0.1) is 17.0 Å². The zero-order chi connectivity index (χ0) is 14.0. The van der Waals surface area contributed by atoms with Crippen LogP contribution in [0.3, 0.4) is 0 Å². The summed E-state index contributed by atoms with van der Waals surface area (Å²) in [5, 5.41) is 3.30. The molecule has 0 radical (unpaired) electrons. The van der Waals surface area contributed by atoms with Crippen molar-refractivity contribution in [2.45, 2.75) is 45.3 Å². The molecule has 1 aromatic rings. The van der Waals surface area contributed by atoms with Gasteiger partial charge >= 0.3 is 0 Å². The van der Waals surface area contributed by atoms with Crippen LogP contribution in [0.2, 0.25) is 0 Å². The molecule has 0 aromatic heterocycles. The molecule has 1 N–H and O–H groups in total. The van der Waals surface area contributed by atoms with Gasteiger partial charge in [0.05, 0.1) is 0 Å². The van der Waals surface area contributed by atoms with Crippen molar-refractivity contribution < 1.29 is 13.5 Å². The second kappa shape index (κ2) is 5.45. The van der Waals surface area contributed by atoms with Crippen molar-refractivity contribution >= 4 is 0 Å². The van der Waals surface area contributed by atoms with Gasteiger partial charge in [-0.15, -0.1) is 0 Å². The highest BCUT2D eigenvalue weighted by Crippen LogP contribution is 2.49. The molecule has 2 atom stereocenters. The molecule has 0 saturated heterocycles. The highest BCUT2D eigenvalue weighted by molar-refractivity contribution is 5.26. The van der Waals surface area contributed by atoms with E-state index >= 15 is 0 Å². The highest BCUT2D eigenvalue weighted by Gasteiger charge is 2.53. The second-order valence-electron chi connectivity index (χ2n) is 5.20. The van der Waals surface area contributed by atoms with E-state index in [2.05, 4.69) is 19.2 Å². The summed E-state index contributed by atoms with van der Waals surface area (Å²) in [5.74, 6) is -1.06. The Balaban J connectivity index is 2.15. The zero-order valence-electron chi connectivity index (χ0n) is 11.7.